The Hall–Kier alpha value is -1.68. The van der Waals surface area contributed by atoms with Gasteiger partial charge in [-0.3, -0.25) is 0 Å². The topological polar surface area (TPSA) is 41.9 Å². The van der Waals surface area contributed by atoms with Crippen molar-refractivity contribution in [2.45, 2.75) is 26.7 Å². The van der Waals surface area contributed by atoms with Gasteiger partial charge in [-0.05, 0) is 43.9 Å². The quantitative estimate of drug-likeness (QED) is 0.849. The maximum atomic E-state index is 6.07. The maximum Gasteiger partial charge on any atom is 0.230 e. The molecule has 2 heterocycles. The number of anilines is 1. The lowest BCUT2D eigenvalue weighted by atomic mass is 10.1. The van der Waals surface area contributed by atoms with Gasteiger partial charge in [-0.15, -0.1) is 0 Å². The minimum Gasteiger partial charge on any atom is -0.341 e. The number of aromatic nitrogens is 3. The molecule has 0 atom stereocenters. The molecule has 1 aliphatic rings. The summed E-state index contributed by atoms with van der Waals surface area (Å²) in [4.78, 5) is 15.3. The van der Waals surface area contributed by atoms with Crippen LogP contribution in [-0.2, 0) is 0 Å². The lowest BCUT2D eigenvalue weighted by Crippen LogP contribution is -2.21. The normalized spacial score (nSPS) is 14.8. The third kappa shape index (κ3) is 2.61. The Bertz CT molecular complexity index is 636. The van der Waals surface area contributed by atoms with Crippen LogP contribution in [0.2, 0.25) is 5.28 Å². The van der Waals surface area contributed by atoms with Crippen LogP contribution in [0, 0.1) is 13.8 Å². The van der Waals surface area contributed by atoms with Gasteiger partial charge in [-0.25, -0.2) is 0 Å². The van der Waals surface area contributed by atoms with Crippen molar-refractivity contribution >= 4 is 17.5 Å². The summed E-state index contributed by atoms with van der Waals surface area (Å²) < 4.78 is 0. The van der Waals surface area contributed by atoms with Gasteiger partial charge in [0, 0.05) is 18.7 Å². The summed E-state index contributed by atoms with van der Waals surface area (Å²) in [5, 5.41) is 0.261. The molecule has 4 nitrogen and oxygen atoms in total. The number of benzene rings is 1. The molecule has 1 aromatic heterocycles. The fourth-order valence-electron chi connectivity index (χ4n) is 2.58. The maximum absolute atomic E-state index is 6.07. The van der Waals surface area contributed by atoms with Gasteiger partial charge in [0.25, 0.3) is 0 Å². The zero-order chi connectivity index (χ0) is 14.1. The number of rotatable bonds is 2. The van der Waals surface area contributed by atoms with E-state index in [0.29, 0.717) is 11.8 Å². The molecule has 1 aliphatic heterocycles. The molecule has 1 saturated heterocycles. The zero-order valence-electron chi connectivity index (χ0n) is 11.7. The number of hydrogen-bond donors (Lipinski definition) is 0. The average molecular weight is 289 g/mol. The van der Waals surface area contributed by atoms with Crippen molar-refractivity contribution in [1.82, 2.24) is 15.0 Å². The third-order valence-corrected chi connectivity index (χ3v) is 3.78. The first-order chi connectivity index (χ1) is 9.63. The van der Waals surface area contributed by atoms with Crippen molar-refractivity contribution in [2.24, 2.45) is 0 Å². The monoisotopic (exact) mass is 288 g/mol. The molecule has 5 heteroatoms. The van der Waals surface area contributed by atoms with E-state index >= 15 is 0 Å². The van der Waals surface area contributed by atoms with Crippen molar-refractivity contribution in [2.75, 3.05) is 18.0 Å². The molecule has 0 aliphatic carbocycles. The average Bonchev–Trinajstić information content (AvgIpc) is 2.91. The second-order valence-electron chi connectivity index (χ2n) is 5.24. The van der Waals surface area contributed by atoms with Crippen LogP contribution in [0.4, 0.5) is 5.95 Å². The first-order valence-electron chi connectivity index (χ1n) is 6.87. The van der Waals surface area contributed by atoms with Crippen LogP contribution < -0.4 is 4.90 Å². The summed E-state index contributed by atoms with van der Waals surface area (Å²) in [5.74, 6) is 1.35. The second kappa shape index (κ2) is 5.37. The number of hydrogen-bond acceptors (Lipinski definition) is 4. The van der Waals surface area contributed by atoms with Gasteiger partial charge in [0.2, 0.25) is 11.2 Å². The van der Waals surface area contributed by atoms with Gasteiger partial charge in [-0.2, -0.15) is 15.0 Å². The lowest BCUT2D eigenvalue weighted by Gasteiger charge is -2.16. The molecule has 2 aromatic rings. The van der Waals surface area contributed by atoms with Gasteiger partial charge < -0.3 is 4.90 Å². The van der Waals surface area contributed by atoms with Crippen molar-refractivity contribution < 1.29 is 0 Å². The molecule has 1 aromatic carbocycles. The van der Waals surface area contributed by atoms with Crippen LogP contribution in [0.1, 0.15) is 24.0 Å². The molecule has 3 rings (SSSR count). The van der Waals surface area contributed by atoms with Gasteiger partial charge in [0.15, 0.2) is 5.82 Å². The molecule has 0 saturated carbocycles. The summed E-state index contributed by atoms with van der Waals surface area (Å²) in [6.45, 7) is 6.13. The molecular weight excluding hydrogens is 272 g/mol. The van der Waals surface area contributed by atoms with Gasteiger partial charge >= 0.3 is 0 Å². The van der Waals surface area contributed by atoms with Crippen molar-refractivity contribution in [1.29, 1.82) is 0 Å². The molecule has 0 bridgehead atoms. The highest BCUT2D eigenvalue weighted by atomic mass is 35.5. The minimum atomic E-state index is 0.261. The summed E-state index contributed by atoms with van der Waals surface area (Å²) >= 11 is 6.07. The molecule has 20 heavy (non-hydrogen) atoms. The Labute approximate surface area is 123 Å². The SMILES string of the molecule is Cc1ccc(-c2nc(Cl)nc(N3CCCC3)n2)c(C)c1. The summed E-state index contributed by atoms with van der Waals surface area (Å²) in [6, 6.07) is 6.24. The lowest BCUT2D eigenvalue weighted by molar-refractivity contribution is 0.882. The van der Waals surface area contributed by atoms with E-state index in [-0.39, 0.29) is 5.28 Å². The third-order valence-electron chi connectivity index (χ3n) is 3.61. The number of nitrogens with zero attached hydrogens (tertiary/aromatic N) is 4. The van der Waals surface area contributed by atoms with E-state index in [0.717, 1.165) is 24.2 Å². The van der Waals surface area contributed by atoms with E-state index < -0.39 is 0 Å². The Morgan fingerprint density at radius 2 is 1.80 bits per heavy atom. The zero-order valence-corrected chi connectivity index (χ0v) is 12.5. The first-order valence-corrected chi connectivity index (χ1v) is 7.25. The number of aryl methyl sites for hydroxylation is 2. The molecule has 1 fully saturated rings. The minimum absolute atomic E-state index is 0.261. The Morgan fingerprint density at radius 1 is 1.05 bits per heavy atom. The first kappa shape index (κ1) is 13.3. The van der Waals surface area contributed by atoms with Crippen molar-refractivity contribution in [3.05, 3.63) is 34.6 Å². The highest BCUT2D eigenvalue weighted by molar-refractivity contribution is 6.28. The highest BCUT2D eigenvalue weighted by Crippen LogP contribution is 2.25. The number of halogens is 1. The smallest absolute Gasteiger partial charge is 0.230 e. The molecule has 104 valence electrons. The Morgan fingerprint density at radius 3 is 2.50 bits per heavy atom. The molecule has 0 amide bonds. The van der Waals surface area contributed by atoms with Crippen LogP contribution in [-0.4, -0.2) is 28.0 Å². The Kier molecular flexibility index (Phi) is 3.57. The van der Waals surface area contributed by atoms with Crippen LogP contribution in [0.3, 0.4) is 0 Å². The van der Waals surface area contributed by atoms with Crippen molar-refractivity contribution in [3.63, 3.8) is 0 Å². The Balaban J connectivity index is 2.04. The predicted octanol–water partition coefficient (Wildman–Crippen LogP) is 3.41. The summed E-state index contributed by atoms with van der Waals surface area (Å²) in [6.07, 6.45) is 2.37. The van der Waals surface area contributed by atoms with Gasteiger partial charge in [-0.1, -0.05) is 23.8 Å². The molecule has 0 unspecified atom stereocenters. The van der Waals surface area contributed by atoms with Crippen LogP contribution >= 0.6 is 11.6 Å². The molecule has 0 N–H and O–H groups in total. The summed E-state index contributed by atoms with van der Waals surface area (Å²) in [5.41, 5.74) is 3.39. The van der Waals surface area contributed by atoms with Crippen LogP contribution in [0.5, 0.6) is 0 Å². The molecule has 0 radical (unpaired) electrons. The predicted molar refractivity (Wildman–Crippen MR) is 81.2 cm³/mol. The fourth-order valence-corrected chi connectivity index (χ4v) is 2.74. The van der Waals surface area contributed by atoms with Crippen LogP contribution in [0.25, 0.3) is 11.4 Å². The molecular formula is C15H17ClN4. The van der Waals surface area contributed by atoms with E-state index in [4.69, 9.17) is 11.6 Å². The largest absolute Gasteiger partial charge is 0.341 e. The van der Waals surface area contributed by atoms with Crippen molar-refractivity contribution in [3.8, 4) is 11.4 Å². The van der Waals surface area contributed by atoms with E-state index in [2.05, 4.69) is 45.8 Å². The van der Waals surface area contributed by atoms with E-state index in [1.165, 1.54) is 18.4 Å². The second-order valence-corrected chi connectivity index (χ2v) is 5.58. The highest BCUT2D eigenvalue weighted by Gasteiger charge is 2.18. The fraction of sp³-hybridized carbons (Fsp3) is 0.400. The van der Waals surface area contributed by atoms with E-state index in [9.17, 15) is 0 Å². The molecule has 0 spiro atoms. The standard InChI is InChI=1S/C15H17ClN4/c1-10-5-6-12(11(2)9-10)13-17-14(16)19-15(18-13)20-7-3-4-8-20/h5-6,9H,3-4,7-8H2,1-2H3. The van der Waals surface area contributed by atoms with Crippen LogP contribution in [0.15, 0.2) is 18.2 Å². The van der Waals surface area contributed by atoms with Gasteiger partial charge in [0.1, 0.15) is 0 Å². The van der Waals surface area contributed by atoms with E-state index in [1.807, 2.05) is 6.07 Å². The van der Waals surface area contributed by atoms with E-state index in [1.54, 1.807) is 0 Å². The summed E-state index contributed by atoms with van der Waals surface area (Å²) in [7, 11) is 0. The van der Waals surface area contributed by atoms with Gasteiger partial charge in [0.05, 0.1) is 0 Å².